The molecule has 2 rings (SSSR count). The van der Waals surface area contributed by atoms with E-state index in [1.54, 1.807) is 0 Å². The minimum Gasteiger partial charge on any atom is -0.476 e. The van der Waals surface area contributed by atoms with Crippen LogP contribution in [0.1, 0.15) is 23.0 Å². The summed E-state index contributed by atoms with van der Waals surface area (Å²) in [6.07, 6.45) is 1.97. The molecular weight excluding hydrogens is 206 g/mol. The van der Waals surface area contributed by atoms with Crippen molar-refractivity contribution in [3.8, 4) is 11.3 Å². The van der Waals surface area contributed by atoms with Gasteiger partial charge in [-0.1, -0.05) is 31.2 Å². The molecule has 0 fully saturated rings. The molecule has 0 aliphatic carbocycles. The molecule has 0 bridgehead atoms. The Morgan fingerprint density at radius 1 is 1.44 bits per heavy atom. The van der Waals surface area contributed by atoms with Gasteiger partial charge >= 0.3 is 5.97 Å². The summed E-state index contributed by atoms with van der Waals surface area (Å²) in [6, 6.07) is 7.55. The quantitative estimate of drug-likeness (QED) is 0.858. The number of hydrogen-bond donors (Lipinski definition) is 1. The molecule has 4 heteroatoms. The molecule has 82 valence electrons. The summed E-state index contributed by atoms with van der Waals surface area (Å²) in [4.78, 5) is 14.6. The minimum atomic E-state index is -1.07. The third-order valence-electron chi connectivity index (χ3n) is 2.41. The molecule has 1 N–H and O–H groups in total. The summed E-state index contributed by atoms with van der Waals surface area (Å²) in [5.74, 6) is -0.750. The lowest BCUT2D eigenvalue weighted by Crippen LogP contribution is -1.99. The van der Waals surface area contributed by atoms with Crippen LogP contribution >= 0.6 is 0 Å². The van der Waals surface area contributed by atoms with E-state index in [0.717, 1.165) is 23.9 Å². The average Bonchev–Trinajstić information content (AvgIpc) is 2.77. The predicted octanol–water partition coefficient (Wildman–Crippen LogP) is 2.60. The Bertz CT molecular complexity index is 516. The van der Waals surface area contributed by atoms with E-state index in [1.807, 2.05) is 31.2 Å². The SMILES string of the molecule is CCc1ccccc1-c1ocnc1C(=O)O. The highest BCUT2D eigenvalue weighted by Crippen LogP contribution is 2.26. The Balaban J connectivity index is 2.58. The number of carboxylic acid groups (broad SMARTS) is 1. The van der Waals surface area contributed by atoms with Crippen LogP contribution in [-0.2, 0) is 6.42 Å². The van der Waals surface area contributed by atoms with Gasteiger partial charge in [-0.25, -0.2) is 9.78 Å². The number of rotatable bonds is 3. The summed E-state index contributed by atoms with van der Waals surface area (Å²) in [6.45, 7) is 2.01. The van der Waals surface area contributed by atoms with E-state index in [-0.39, 0.29) is 5.69 Å². The fraction of sp³-hybridized carbons (Fsp3) is 0.167. The highest BCUT2D eigenvalue weighted by Gasteiger charge is 2.18. The van der Waals surface area contributed by atoms with Crippen LogP contribution in [0, 0.1) is 0 Å². The minimum absolute atomic E-state index is 0.0408. The van der Waals surface area contributed by atoms with Crippen LogP contribution in [0.2, 0.25) is 0 Å². The second kappa shape index (κ2) is 4.18. The Morgan fingerprint density at radius 3 is 2.88 bits per heavy atom. The van der Waals surface area contributed by atoms with Crippen molar-refractivity contribution < 1.29 is 14.3 Å². The van der Waals surface area contributed by atoms with Crippen molar-refractivity contribution in [3.05, 3.63) is 41.9 Å². The van der Waals surface area contributed by atoms with Gasteiger partial charge in [-0.15, -0.1) is 0 Å². The molecule has 0 saturated heterocycles. The number of carboxylic acids is 1. The fourth-order valence-electron chi connectivity index (χ4n) is 1.64. The van der Waals surface area contributed by atoms with Gasteiger partial charge in [0.05, 0.1) is 0 Å². The molecule has 16 heavy (non-hydrogen) atoms. The molecule has 0 amide bonds. The zero-order chi connectivity index (χ0) is 11.5. The first kappa shape index (κ1) is 10.4. The first-order valence-corrected chi connectivity index (χ1v) is 4.99. The zero-order valence-electron chi connectivity index (χ0n) is 8.80. The predicted molar refractivity (Wildman–Crippen MR) is 58.3 cm³/mol. The van der Waals surface area contributed by atoms with E-state index < -0.39 is 5.97 Å². The van der Waals surface area contributed by atoms with Crippen molar-refractivity contribution >= 4 is 5.97 Å². The van der Waals surface area contributed by atoms with E-state index in [1.165, 1.54) is 0 Å². The van der Waals surface area contributed by atoms with Crippen molar-refractivity contribution in [2.24, 2.45) is 0 Å². The smallest absolute Gasteiger partial charge is 0.358 e. The van der Waals surface area contributed by atoms with Gasteiger partial charge < -0.3 is 9.52 Å². The van der Waals surface area contributed by atoms with E-state index in [0.29, 0.717) is 5.76 Å². The Labute approximate surface area is 92.6 Å². The molecule has 0 saturated carbocycles. The van der Waals surface area contributed by atoms with Gasteiger partial charge in [-0.2, -0.15) is 0 Å². The average molecular weight is 217 g/mol. The number of oxazole rings is 1. The summed E-state index contributed by atoms with van der Waals surface area (Å²) < 4.78 is 5.16. The molecule has 0 aliphatic heterocycles. The van der Waals surface area contributed by atoms with Crippen molar-refractivity contribution in [1.29, 1.82) is 0 Å². The highest BCUT2D eigenvalue weighted by molar-refractivity contribution is 5.92. The highest BCUT2D eigenvalue weighted by atomic mass is 16.4. The van der Waals surface area contributed by atoms with Crippen LogP contribution < -0.4 is 0 Å². The number of hydrogen-bond acceptors (Lipinski definition) is 3. The topological polar surface area (TPSA) is 63.3 Å². The molecule has 0 unspecified atom stereocenters. The molecule has 1 aromatic carbocycles. The van der Waals surface area contributed by atoms with Crippen LogP contribution in [0.25, 0.3) is 11.3 Å². The van der Waals surface area contributed by atoms with Crippen molar-refractivity contribution in [1.82, 2.24) is 4.98 Å². The molecule has 4 nitrogen and oxygen atoms in total. The lowest BCUT2D eigenvalue weighted by molar-refractivity contribution is 0.0691. The van der Waals surface area contributed by atoms with Crippen molar-refractivity contribution in [2.75, 3.05) is 0 Å². The third-order valence-corrected chi connectivity index (χ3v) is 2.41. The molecule has 1 aromatic heterocycles. The van der Waals surface area contributed by atoms with Gasteiger partial charge in [0.25, 0.3) is 0 Å². The number of aryl methyl sites for hydroxylation is 1. The fourth-order valence-corrected chi connectivity index (χ4v) is 1.64. The first-order valence-electron chi connectivity index (χ1n) is 4.99. The number of nitrogens with zero attached hydrogens (tertiary/aromatic N) is 1. The van der Waals surface area contributed by atoms with Crippen molar-refractivity contribution in [2.45, 2.75) is 13.3 Å². The van der Waals surface area contributed by atoms with E-state index >= 15 is 0 Å². The van der Waals surface area contributed by atoms with Gasteiger partial charge in [0, 0.05) is 5.56 Å². The molecule has 1 heterocycles. The van der Waals surface area contributed by atoms with E-state index in [4.69, 9.17) is 9.52 Å². The lowest BCUT2D eigenvalue weighted by Gasteiger charge is -2.04. The second-order valence-electron chi connectivity index (χ2n) is 3.35. The molecule has 0 atom stereocenters. The monoisotopic (exact) mass is 217 g/mol. The van der Waals surface area contributed by atoms with Crippen LogP contribution in [0.5, 0.6) is 0 Å². The maximum absolute atomic E-state index is 10.9. The molecule has 0 aliphatic rings. The summed E-state index contributed by atoms with van der Waals surface area (Å²) in [5.41, 5.74) is 1.79. The zero-order valence-corrected chi connectivity index (χ0v) is 8.80. The molecular formula is C12H11NO3. The number of aromatic carboxylic acids is 1. The summed E-state index contributed by atoms with van der Waals surface area (Å²) in [5, 5.41) is 8.96. The molecule has 0 spiro atoms. The Hall–Kier alpha value is -2.10. The second-order valence-corrected chi connectivity index (χ2v) is 3.35. The van der Waals surface area contributed by atoms with E-state index in [9.17, 15) is 4.79 Å². The van der Waals surface area contributed by atoms with Crippen LogP contribution in [0.3, 0.4) is 0 Å². The van der Waals surface area contributed by atoms with Gasteiger partial charge in [0.15, 0.2) is 17.8 Å². The number of benzene rings is 1. The standard InChI is InChI=1S/C12H11NO3/c1-2-8-5-3-4-6-9(8)11-10(12(14)15)13-7-16-11/h3-7H,2H2,1H3,(H,14,15). The van der Waals surface area contributed by atoms with E-state index in [2.05, 4.69) is 4.98 Å². The first-order chi connectivity index (χ1) is 7.74. The van der Waals surface area contributed by atoms with Gasteiger partial charge in [-0.3, -0.25) is 0 Å². The largest absolute Gasteiger partial charge is 0.476 e. The lowest BCUT2D eigenvalue weighted by atomic mass is 10.0. The summed E-state index contributed by atoms with van der Waals surface area (Å²) in [7, 11) is 0. The summed E-state index contributed by atoms with van der Waals surface area (Å²) >= 11 is 0. The molecule has 0 radical (unpaired) electrons. The normalized spacial score (nSPS) is 10.3. The van der Waals surface area contributed by atoms with Crippen molar-refractivity contribution in [3.63, 3.8) is 0 Å². The number of aromatic nitrogens is 1. The van der Waals surface area contributed by atoms with Crippen LogP contribution in [0.4, 0.5) is 0 Å². The van der Waals surface area contributed by atoms with Gasteiger partial charge in [0.2, 0.25) is 0 Å². The van der Waals surface area contributed by atoms with Gasteiger partial charge in [0.1, 0.15) is 0 Å². The molecule has 2 aromatic rings. The maximum atomic E-state index is 10.9. The maximum Gasteiger partial charge on any atom is 0.358 e. The third kappa shape index (κ3) is 1.69. The van der Waals surface area contributed by atoms with Gasteiger partial charge in [-0.05, 0) is 12.0 Å². The Kier molecular flexibility index (Phi) is 2.72. The Morgan fingerprint density at radius 2 is 2.19 bits per heavy atom. The van der Waals surface area contributed by atoms with Crippen LogP contribution in [-0.4, -0.2) is 16.1 Å². The van der Waals surface area contributed by atoms with Crippen LogP contribution in [0.15, 0.2) is 35.1 Å². The number of carbonyl (C=O) groups is 1.